The van der Waals surface area contributed by atoms with Crippen LogP contribution in [-0.4, -0.2) is 33.0 Å². The molecule has 0 saturated carbocycles. The molecular formula is C13H22N2O2S2. The first-order valence-electron chi connectivity index (χ1n) is 6.39. The van der Waals surface area contributed by atoms with Crippen molar-refractivity contribution in [3.8, 4) is 0 Å². The van der Waals surface area contributed by atoms with Gasteiger partial charge in [-0.3, -0.25) is 0 Å². The summed E-state index contributed by atoms with van der Waals surface area (Å²) in [5.74, 6) is 0.777. The monoisotopic (exact) mass is 302 g/mol. The van der Waals surface area contributed by atoms with Crippen LogP contribution in [0.4, 0.5) is 5.69 Å². The van der Waals surface area contributed by atoms with Gasteiger partial charge in [-0.05, 0) is 31.7 Å². The third-order valence-electron chi connectivity index (χ3n) is 2.73. The fourth-order valence-corrected chi connectivity index (χ4v) is 4.09. The van der Waals surface area contributed by atoms with Crippen molar-refractivity contribution in [1.82, 2.24) is 4.72 Å². The lowest BCUT2D eigenvalue weighted by Crippen LogP contribution is -2.36. The number of para-hydroxylation sites is 1. The molecule has 0 amide bonds. The predicted octanol–water partition coefficient (Wildman–Crippen LogP) is 2.54. The van der Waals surface area contributed by atoms with Crippen LogP contribution in [0.2, 0.25) is 0 Å². The lowest BCUT2D eigenvalue weighted by atomic mass is 10.3. The molecule has 1 aromatic carbocycles. The summed E-state index contributed by atoms with van der Waals surface area (Å²) in [6, 6.07) is 6.95. The van der Waals surface area contributed by atoms with Crippen molar-refractivity contribution in [3.63, 3.8) is 0 Å². The van der Waals surface area contributed by atoms with Crippen molar-refractivity contribution < 1.29 is 8.42 Å². The van der Waals surface area contributed by atoms with Gasteiger partial charge in [0.2, 0.25) is 10.0 Å². The highest BCUT2D eigenvalue weighted by molar-refractivity contribution is 7.98. The maximum atomic E-state index is 12.4. The molecule has 0 spiro atoms. The van der Waals surface area contributed by atoms with E-state index in [0.717, 1.165) is 12.2 Å². The van der Waals surface area contributed by atoms with Crippen LogP contribution in [-0.2, 0) is 10.0 Å². The van der Waals surface area contributed by atoms with Gasteiger partial charge in [0.1, 0.15) is 4.90 Å². The van der Waals surface area contributed by atoms with Gasteiger partial charge in [-0.2, -0.15) is 11.8 Å². The van der Waals surface area contributed by atoms with Crippen molar-refractivity contribution >= 4 is 27.5 Å². The summed E-state index contributed by atoms with van der Waals surface area (Å²) < 4.78 is 27.6. The zero-order valence-electron chi connectivity index (χ0n) is 11.6. The van der Waals surface area contributed by atoms with Crippen LogP contribution in [0.5, 0.6) is 0 Å². The molecule has 0 aliphatic rings. The van der Waals surface area contributed by atoms with Gasteiger partial charge >= 0.3 is 0 Å². The molecule has 1 aromatic rings. The van der Waals surface area contributed by atoms with E-state index in [9.17, 15) is 8.42 Å². The topological polar surface area (TPSA) is 58.2 Å². The van der Waals surface area contributed by atoms with Crippen LogP contribution in [0.1, 0.15) is 20.3 Å². The lowest BCUT2D eigenvalue weighted by Gasteiger charge is -2.18. The first-order chi connectivity index (χ1) is 9.05. The zero-order chi connectivity index (χ0) is 14.3. The standard InChI is InChI=1S/C13H22N2O2S2/c1-4-11(10-18-3)15-19(16,17)13-9-7-6-8-12(13)14-5-2/h6-9,11,14-15H,4-5,10H2,1-3H3. The lowest BCUT2D eigenvalue weighted by molar-refractivity contribution is 0.558. The Labute approximate surface area is 120 Å². The third kappa shape index (κ3) is 4.71. The molecule has 1 atom stereocenters. The molecule has 0 bridgehead atoms. The number of anilines is 1. The molecule has 0 aliphatic heterocycles. The molecular weight excluding hydrogens is 280 g/mol. The minimum atomic E-state index is -3.47. The molecule has 0 saturated heterocycles. The van der Waals surface area contributed by atoms with Crippen LogP contribution < -0.4 is 10.0 Å². The Kier molecular flexibility index (Phi) is 6.68. The van der Waals surface area contributed by atoms with Gasteiger partial charge in [0.25, 0.3) is 0 Å². The van der Waals surface area contributed by atoms with E-state index in [1.54, 1.807) is 30.0 Å². The Morgan fingerprint density at radius 2 is 1.95 bits per heavy atom. The average molecular weight is 302 g/mol. The fraction of sp³-hybridized carbons (Fsp3) is 0.538. The van der Waals surface area contributed by atoms with Crippen LogP contribution in [0.25, 0.3) is 0 Å². The number of benzene rings is 1. The van der Waals surface area contributed by atoms with Crippen molar-refractivity contribution in [1.29, 1.82) is 0 Å². The molecule has 2 N–H and O–H groups in total. The second kappa shape index (κ2) is 7.77. The van der Waals surface area contributed by atoms with Crippen molar-refractivity contribution in [2.45, 2.75) is 31.2 Å². The first-order valence-corrected chi connectivity index (χ1v) is 9.27. The molecule has 108 valence electrons. The maximum absolute atomic E-state index is 12.4. The van der Waals surface area contributed by atoms with Gasteiger partial charge in [-0.25, -0.2) is 13.1 Å². The summed E-state index contributed by atoms with van der Waals surface area (Å²) in [7, 11) is -3.47. The number of sulfonamides is 1. The zero-order valence-corrected chi connectivity index (χ0v) is 13.3. The smallest absolute Gasteiger partial charge is 0.242 e. The summed E-state index contributed by atoms with van der Waals surface area (Å²) in [4.78, 5) is 0.316. The normalized spacial score (nSPS) is 13.2. The molecule has 19 heavy (non-hydrogen) atoms. The summed E-state index contributed by atoms with van der Waals surface area (Å²) in [6.45, 7) is 4.62. The largest absolute Gasteiger partial charge is 0.384 e. The first kappa shape index (κ1) is 16.3. The van der Waals surface area contributed by atoms with E-state index in [4.69, 9.17) is 0 Å². The molecule has 0 heterocycles. The Morgan fingerprint density at radius 1 is 1.26 bits per heavy atom. The molecule has 0 aromatic heterocycles. The minimum Gasteiger partial charge on any atom is -0.384 e. The third-order valence-corrected chi connectivity index (χ3v) is 5.04. The van der Waals surface area contributed by atoms with Crippen LogP contribution >= 0.6 is 11.8 Å². The number of nitrogens with one attached hydrogen (secondary N) is 2. The van der Waals surface area contributed by atoms with Gasteiger partial charge in [0.15, 0.2) is 0 Å². The van der Waals surface area contributed by atoms with Crippen molar-refractivity contribution in [2.24, 2.45) is 0 Å². The molecule has 0 fully saturated rings. The number of hydrogen-bond donors (Lipinski definition) is 2. The SMILES string of the molecule is CCNc1ccccc1S(=O)(=O)NC(CC)CSC. The highest BCUT2D eigenvalue weighted by Gasteiger charge is 2.21. The number of rotatable bonds is 8. The highest BCUT2D eigenvalue weighted by Crippen LogP contribution is 2.21. The average Bonchev–Trinajstić information content (AvgIpc) is 2.39. The second-order valence-corrected chi connectivity index (χ2v) is 6.80. The Balaban J connectivity index is 2.99. The summed E-state index contributed by atoms with van der Waals surface area (Å²) in [6.07, 6.45) is 2.76. The van der Waals surface area contributed by atoms with Gasteiger partial charge in [-0.15, -0.1) is 0 Å². The summed E-state index contributed by atoms with van der Waals surface area (Å²) >= 11 is 1.64. The van der Waals surface area contributed by atoms with Gasteiger partial charge < -0.3 is 5.32 Å². The van der Waals surface area contributed by atoms with E-state index in [1.165, 1.54) is 0 Å². The molecule has 1 unspecified atom stereocenters. The second-order valence-electron chi connectivity index (χ2n) is 4.21. The summed E-state index contributed by atoms with van der Waals surface area (Å²) in [5, 5.41) is 3.08. The van der Waals surface area contributed by atoms with E-state index in [-0.39, 0.29) is 6.04 Å². The molecule has 0 aliphatic carbocycles. The molecule has 1 rings (SSSR count). The molecule has 0 radical (unpaired) electrons. The van der Waals surface area contributed by atoms with Crippen LogP contribution in [0, 0.1) is 0 Å². The van der Waals surface area contributed by atoms with E-state index < -0.39 is 10.0 Å². The van der Waals surface area contributed by atoms with E-state index >= 15 is 0 Å². The quantitative estimate of drug-likeness (QED) is 0.775. The summed E-state index contributed by atoms with van der Waals surface area (Å²) in [5.41, 5.74) is 0.650. The van der Waals surface area contributed by atoms with Crippen molar-refractivity contribution in [2.75, 3.05) is 23.9 Å². The molecule has 6 heteroatoms. The van der Waals surface area contributed by atoms with Gasteiger partial charge in [-0.1, -0.05) is 19.1 Å². The van der Waals surface area contributed by atoms with E-state index in [0.29, 0.717) is 17.1 Å². The van der Waals surface area contributed by atoms with Gasteiger partial charge in [0, 0.05) is 18.3 Å². The van der Waals surface area contributed by atoms with E-state index in [1.807, 2.05) is 26.2 Å². The maximum Gasteiger partial charge on any atom is 0.242 e. The number of hydrogen-bond acceptors (Lipinski definition) is 4. The minimum absolute atomic E-state index is 0.0327. The van der Waals surface area contributed by atoms with Crippen molar-refractivity contribution in [3.05, 3.63) is 24.3 Å². The fourth-order valence-electron chi connectivity index (χ4n) is 1.76. The van der Waals surface area contributed by atoms with Crippen LogP contribution in [0.3, 0.4) is 0 Å². The molecule has 4 nitrogen and oxygen atoms in total. The van der Waals surface area contributed by atoms with Gasteiger partial charge in [0.05, 0.1) is 5.69 Å². The highest BCUT2D eigenvalue weighted by atomic mass is 32.2. The van der Waals surface area contributed by atoms with E-state index in [2.05, 4.69) is 10.0 Å². The Bertz CT molecular complexity index is 489. The predicted molar refractivity (Wildman–Crippen MR) is 83.4 cm³/mol. The number of thioether (sulfide) groups is 1. The Morgan fingerprint density at radius 3 is 2.53 bits per heavy atom. The Hall–Kier alpha value is -0.720. The van der Waals surface area contributed by atoms with Crippen LogP contribution in [0.15, 0.2) is 29.2 Å².